The Bertz CT molecular complexity index is 554. The lowest BCUT2D eigenvalue weighted by atomic mass is 10.1. The molecule has 98 valence electrons. The molecule has 0 radical (unpaired) electrons. The van der Waals surface area contributed by atoms with Gasteiger partial charge in [-0.15, -0.1) is 0 Å². The van der Waals surface area contributed by atoms with Crippen LogP contribution in [-0.4, -0.2) is 10.9 Å². The average molecular weight is 255 g/mol. The van der Waals surface area contributed by atoms with Crippen molar-refractivity contribution in [3.63, 3.8) is 0 Å². The van der Waals surface area contributed by atoms with Crippen molar-refractivity contribution in [2.45, 2.75) is 19.4 Å². The average Bonchev–Trinajstić information content (AvgIpc) is 2.39. The number of hydrogen-bond donors (Lipinski definition) is 2. The van der Waals surface area contributed by atoms with Crippen LogP contribution < -0.4 is 11.1 Å². The first-order chi connectivity index (χ1) is 9.15. The molecule has 0 spiro atoms. The van der Waals surface area contributed by atoms with Gasteiger partial charge < -0.3 is 11.1 Å². The first kappa shape index (κ1) is 13.1. The van der Waals surface area contributed by atoms with Gasteiger partial charge in [0.1, 0.15) is 0 Å². The molecule has 1 atom stereocenters. The molecule has 0 aliphatic rings. The third-order valence-electron chi connectivity index (χ3n) is 2.88. The van der Waals surface area contributed by atoms with Gasteiger partial charge in [-0.25, -0.2) is 0 Å². The minimum Gasteiger partial charge on any atom is -0.399 e. The van der Waals surface area contributed by atoms with Crippen molar-refractivity contribution in [1.82, 2.24) is 10.3 Å². The zero-order valence-electron chi connectivity index (χ0n) is 10.8. The molecule has 19 heavy (non-hydrogen) atoms. The van der Waals surface area contributed by atoms with Crippen molar-refractivity contribution in [3.05, 3.63) is 59.9 Å². The summed E-state index contributed by atoms with van der Waals surface area (Å²) in [5.74, 6) is -0.0260. The smallest absolute Gasteiger partial charge is 0.224 e. The molecular formula is C15H17N3O. The fraction of sp³-hybridized carbons (Fsp3) is 0.200. The quantitative estimate of drug-likeness (QED) is 0.822. The Labute approximate surface area is 112 Å². The molecule has 0 saturated heterocycles. The maximum Gasteiger partial charge on any atom is 0.224 e. The fourth-order valence-corrected chi connectivity index (χ4v) is 1.90. The van der Waals surface area contributed by atoms with Crippen LogP contribution in [0.2, 0.25) is 0 Å². The number of aromatic nitrogens is 1. The standard InChI is InChI=1S/C15H17N3O/c1-11(13-5-3-7-17-10-13)18-15(19)9-12-4-2-6-14(16)8-12/h2-8,10-11H,9,16H2,1H3,(H,18,19). The fourth-order valence-electron chi connectivity index (χ4n) is 1.90. The largest absolute Gasteiger partial charge is 0.399 e. The highest BCUT2D eigenvalue weighted by molar-refractivity contribution is 5.79. The highest BCUT2D eigenvalue weighted by Crippen LogP contribution is 2.11. The molecule has 1 amide bonds. The number of pyridine rings is 1. The Morgan fingerprint density at radius 3 is 2.89 bits per heavy atom. The van der Waals surface area contributed by atoms with Gasteiger partial charge in [-0.2, -0.15) is 0 Å². The van der Waals surface area contributed by atoms with Crippen LogP contribution in [0.4, 0.5) is 5.69 Å². The lowest BCUT2D eigenvalue weighted by Gasteiger charge is -2.13. The first-order valence-corrected chi connectivity index (χ1v) is 6.19. The molecular weight excluding hydrogens is 238 g/mol. The summed E-state index contributed by atoms with van der Waals surface area (Å²) in [4.78, 5) is 16.0. The van der Waals surface area contributed by atoms with E-state index in [9.17, 15) is 4.79 Å². The van der Waals surface area contributed by atoms with Crippen LogP contribution >= 0.6 is 0 Å². The summed E-state index contributed by atoms with van der Waals surface area (Å²) in [7, 11) is 0. The molecule has 0 aliphatic carbocycles. The predicted octanol–water partition coefficient (Wildman–Crippen LogP) is 2.08. The molecule has 0 fully saturated rings. The van der Waals surface area contributed by atoms with Crippen LogP contribution in [0.5, 0.6) is 0 Å². The summed E-state index contributed by atoms with van der Waals surface area (Å²) in [5, 5.41) is 2.94. The van der Waals surface area contributed by atoms with E-state index in [-0.39, 0.29) is 11.9 Å². The number of amides is 1. The van der Waals surface area contributed by atoms with Crippen molar-refractivity contribution in [2.24, 2.45) is 0 Å². The van der Waals surface area contributed by atoms with E-state index in [1.54, 1.807) is 18.5 Å². The van der Waals surface area contributed by atoms with E-state index in [2.05, 4.69) is 10.3 Å². The third kappa shape index (κ3) is 3.81. The molecule has 3 N–H and O–H groups in total. The molecule has 0 saturated carbocycles. The Morgan fingerprint density at radius 2 is 2.21 bits per heavy atom. The van der Waals surface area contributed by atoms with E-state index >= 15 is 0 Å². The predicted molar refractivity (Wildman–Crippen MR) is 75.4 cm³/mol. The second-order valence-electron chi connectivity index (χ2n) is 4.50. The first-order valence-electron chi connectivity index (χ1n) is 6.19. The number of carbonyl (C=O) groups is 1. The van der Waals surface area contributed by atoms with Crippen molar-refractivity contribution in [1.29, 1.82) is 0 Å². The lowest BCUT2D eigenvalue weighted by molar-refractivity contribution is -0.121. The summed E-state index contributed by atoms with van der Waals surface area (Å²) < 4.78 is 0. The van der Waals surface area contributed by atoms with E-state index in [0.29, 0.717) is 12.1 Å². The molecule has 1 aromatic heterocycles. The molecule has 1 heterocycles. The summed E-state index contributed by atoms with van der Waals surface area (Å²) in [6.07, 6.45) is 3.80. The maximum atomic E-state index is 11.9. The topological polar surface area (TPSA) is 68.0 Å². The summed E-state index contributed by atoms with van der Waals surface area (Å²) in [5.41, 5.74) is 8.26. The van der Waals surface area contributed by atoms with E-state index in [0.717, 1.165) is 11.1 Å². The van der Waals surface area contributed by atoms with Crippen molar-refractivity contribution in [2.75, 3.05) is 5.73 Å². The maximum absolute atomic E-state index is 11.9. The summed E-state index contributed by atoms with van der Waals surface area (Å²) >= 11 is 0. The number of rotatable bonds is 4. The van der Waals surface area contributed by atoms with Crippen LogP contribution in [0.15, 0.2) is 48.8 Å². The molecule has 2 aromatic rings. The monoisotopic (exact) mass is 255 g/mol. The van der Waals surface area contributed by atoms with E-state index in [1.807, 2.05) is 37.3 Å². The van der Waals surface area contributed by atoms with Crippen molar-refractivity contribution >= 4 is 11.6 Å². The van der Waals surface area contributed by atoms with Gasteiger partial charge in [0.2, 0.25) is 5.91 Å². The molecule has 1 unspecified atom stereocenters. The van der Waals surface area contributed by atoms with Gasteiger partial charge in [-0.05, 0) is 36.2 Å². The summed E-state index contributed by atoms with van der Waals surface area (Å²) in [6.45, 7) is 1.94. The normalized spacial score (nSPS) is 11.8. The van der Waals surface area contributed by atoms with Gasteiger partial charge in [-0.3, -0.25) is 9.78 Å². The van der Waals surface area contributed by atoms with Gasteiger partial charge in [0.05, 0.1) is 12.5 Å². The number of nitrogen functional groups attached to an aromatic ring is 1. The van der Waals surface area contributed by atoms with E-state index in [4.69, 9.17) is 5.73 Å². The number of nitrogens with two attached hydrogens (primary N) is 1. The molecule has 4 nitrogen and oxygen atoms in total. The number of carbonyl (C=O) groups excluding carboxylic acids is 1. The Hall–Kier alpha value is -2.36. The minimum absolute atomic E-state index is 0.0260. The number of hydrogen-bond acceptors (Lipinski definition) is 3. The number of nitrogens with zero attached hydrogens (tertiary/aromatic N) is 1. The van der Waals surface area contributed by atoms with Gasteiger partial charge in [0.15, 0.2) is 0 Å². The molecule has 2 rings (SSSR count). The zero-order chi connectivity index (χ0) is 13.7. The number of benzene rings is 1. The Balaban J connectivity index is 1.95. The third-order valence-corrected chi connectivity index (χ3v) is 2.88. The Morgan fingerprint density at radius 1 is 1.37 bits per heavy atom. The lowest BCUT2D eigenvalue weighted by Crippen LogP contribution is -2.28. The SMILES string of the molecule is CC(NC(=O)Cc1cccc(N)c1)c1cccnc1. The van der Waals surface area contributed by atoms with Crippen LogP contribution in [0.1, 0.15) is 24.1 Å². The van der Waals surface area contributed by atoms with Crippen LogP contribution in [0, 0.1) is 0 Å². The Kier molecular flexibility index (Phi) is 4.13. The van der Waals surface area contributed by atoms with Gasteiger partial charge in [0, 0.05) is 18.1 Å². The van der Waals surface area contributed by atoms with E-state index < -0.39 is 0 Å². The second-order valence-corrected chi connectivity index (χ2v) is 4.50. The minimum atomic E-state index is -0.0535. The van der Waals surface area contributed by atoms with Gasteiger partial charge in [-0.1, -0.05) is 18.2 Å². The molecule has 0 bridgehead atoms. The second kappa shape index (κ2) is 6.00. The number of nitrogens with one attached hydrogen (secondary N) is 1. The highest BCUT2D eigenvalue weighted by Gasteiger charge is 2.10. The number of anilines is 1. The molecule has 4 heteroatoms. The van der Waals surface area contributed by atoms with Gasteiger partial charge in [0.25, 0.3) is 0 Å². The van der Waals surface area contributed by atoms with Crippen molar-refractivity contribution < 1.29 is 4.79 Å². The van der Waals surface area contributed by atoms with Crippen molar-refractivity contribution in [3.8, 4) is 0 Å². The highest BCUT2D eigenvalue weighted by atomic mass is 16.1. The van der Waals surface area contributed by atoms with Crippen LogP contribution in [0.25, 0.3) is 0 Å². The molecule has 1 aromatic carbocycles. The van der Waals surface area contributed by atoms with E-state index in [1.165, 1.54) is 0 Å². The zero-order valence-corrected chi connectivity index (χ0v) is 10.8. The van der Waals surface area contributed by atoms with Crippen LogP contribution in [-0.2, 0) is 11.2 Å². The molecule has 0 aliphatic heterocycles. The summed E-state index contributed by atoms with van der Waals surface area (Å²) in [6, 6.07) is 11.1. The van der Waals surface area contributed by atoms with Gasteiger partial charge >= 0.3 is 0 Å². The van der Waals surface area contributed by atoms with Crippen LogP contribution in [0.3, 0.4) is 0 Å².